The molecule has 1 heterocycles. The zero-order valence-corrected chi connectivity index (χ0v) is 20.0. The molecular formula is C27H27N3O3S. The van der Waals surface area contributed by atoms with Gasteiger partial charge < -0.3 is 15.0 Å². The Balaban J connectivity index is 1.60. The van der Waals surface area contributed by atoms with Gasteiger partial charge in [0.05, 0.1) is 24.9 Å². The van der Waals surface area contributed by atoms with Crippen LogP contribution in [-0.4, -0.2) is 41.5 Å². The second-order valence-electron chi connectivity index (χ2n) is 8.18. The van der Waals surface area contributed by atoms with Gasteiger partial charge in [0, 0.05) is 6.54 Å². The number of methoxy groups -OCH3 is 1. The fraction of sp³-hybridized carbons (Fsp3) is 0.222. The van der Waals surface area contributed by atoms with Gasteiger partial charge in [-0.15, -0.1) is 0 Å². The number of hydrogen-bond acceptors (Lipinski definition) is 4. The zero-order valence-electron chi connectivity index (χ0n) is 19.2. The molecular weight excluding hydrogens is 446 g/mol. The highest BCUT2D eigenvalue weighted by atomic mass is 32.1. The molecule has 1 atom stereocenters. The average Bonchev–Trinajstić information content (AvgIpc) is 3.14. The lowest BCUT2D eigenvalue weighted by Gasteiger charge is -2.30. The maximum atomic E-state index is 13.5. The van der Waals surface area contributed by atoms with Crippen LogP contribution in [0.15, 0.2) is 78.9 Å². The van der Waals surface area contributed by atoms with Crippen molar-refractivity contribution in [3.63, 3.8) is 0 Å². The Hall–Kier alpha value is -3.71. The van der Waals surface area contributed by atoms with Gasteiger partial charge in [-0.25, -0.2) is 4.90 Å². The van der Waals surface area contributed by atoms with Crippen LogP contribution in [0.1, 0.15) is 17.5 Å². The summed E-state index contributed by atoms with van der Waals surface area (Å²) in [5, 5.41) is 3.60. The molecule has 2 amide bonds. The van der Waals surface area contributed by atoms with Gasteiger partial charge in [0.1, 0.15) is 11.8 Å². The third-order valence-corrected chi connectivity index (χ3v) is 6.22. The second kappa shape index (κ2) is 10.5. The number of para-hydroxylation sites is 2. The molecule has 1 unspecified atom stereocenters. The van der Waals surface area contributed by atoms with Crippen LogP contribution >= 0.6 is 12.2 Å². The Bertz CT molecular complexity index is 1180. The van der Waals surface area contributed by atoms with Crippen LogP contribution < -0.4 is 15.0 Å². The molecule has 3 aromatic carbocycles. The highest BCUT2D eigenvalue weighted by Crippen LogP contribution is 2.28. The number of imide groups is 1. The first-order valence-electron chi connectivity index (χ1n) is 11.2. The van der Waals surface area contributed by atoms with Crippen LogP contribution in [0, 0.1) is 6.92 Å². The van der Waals surface area contributed by atoms with Crippen molar-refractivity contribution in [2.45, 2.75) is 25.8 Å². The van der Waals surface area contributed by atoms with E-state index in [1.807, 2.05) is 78.6 Å². The molecule has 1 aliphatic rings. The molecule has 0 aromatic heterocycles. The zero-order chi connectivity index (χ0) is 24.1. The van der Waals surface area contributed by atoms with E-state index in [1.54, 1.807) is 19.2 Å². The number of rotatable bonds is 7. The number of ether oxygens (including phenoxy) is 1. The number of carbonyl (C=O) groups excluding carboxylic acids is 2. The van der Waals surface area contributed by atoms with E-state index in [4.69, 9.17) is 17.0 Å². The quantitative estimate of drug-likeness (QED) is 0.401. The van der Waals surface area contributed by atoms with E-state index in [9.17, 15) is 9.59 Å². The minimum absolute atomic E-state index is 0.0647. The number of nitrogens with one attached hydrogen (secondary N) is 1. The van der Waals surface area contributed by atoms with E-state index in [0.717, 1.165) is 11.1 Å². The van der Waals surface area contributed by atoms with Gasteiger partial charge in [-0.1, -0.05) is 60.2 Å². The first-order valence-corrected chi connectivity index (χ1v) is 11.6. The van der Waals surface area contributed by atoms with Crippen molar-refractivity contribution in [3.05, 3.63) is 90.0 Å². The molecule has 1 N–H and O–H groups in total. The minimum atomic E-state index is -0.688. The molecule has 1 fully saturated rings. The Morgan fingerprint density at radius 1 is 1.03 bits per heavy atom. The summed E-state index contributed by atoms with van der Waals surface area (Å²) in [4.78, 5) is 29.5. The van der Waals surface area contributed by atoms with Gasteiger partial charge in [0.15, 0.2) is 5.11 Å². The van der Waals surface area contributed by atoms with Crippen LogP contribution in [0.2, 0.25) is 0 Å². The lowest BCUT2D eigenvalue weighted by atomic mass is 10.1. The van der Waals surface area contributed by atoms with E-state index in [2.05, 4.69) is 5.32 Å². The number of aryl methyl sites for hydroxylation is 1. The van der Waals surface area contributed by atoms with E-state index in [0.29, 0.717) is 35.2 Å². The molecule has 0 saturated carbocycles. The van der Waals surface area contributed by atoms with Crippen LogP contribution in [0.5, 0.6) is 5.75 Å². The third kappa shape index (κ3) is 5.10. The molecule has 0 radical (unpaired) electrons. The first-order chi connectivity index (χ1) is 16.5. The fourth-order valence-corrected chi connectivity index (χ4v) is 4.38. The van der Waals surface area contributed by atoms with Crippen LogP contribution in [0.4, 0.5) is 11.4 Å². The van der Waals surface area contributed by atoms with Gasteiger partial charge >= 0.3 is 0 Å². The van der Waals surface area contributed by atoms with Gasteiger partial charge in [-0.2, -0.15) is 0 Å². The van der Waals surface area contributed by atoms with E-state index in [1.165, 1.54) is 4.90 Å². The van der Waals surface area contributed by atoms with Crippen molar-refractivity contribution >= 4 is 40.5 Å². The first kappa shape index (κ1) is 23.4. The van der Waals surface area contributed by atoms with Crippen molar-refractivity contribution in [1.29, 1.82) is 0 Å². The van der Waals surface area contributed by atoms with Gasteiger partial charge in [-0.05, 0) is 55.4 Å². The van der Waals surface area contributed by atoms with E-state index >= 15 is 0 Å². The summed E-state index contributed by atoms with van der Waals surface area (Å²) in [7, 11) is 1.59. The van der Waals surface area contributed by atoms with E-state index < -0.39 is 6.04 Å². The standard InChI is InChI=1S/C27H27N3O3S/c1-19-12-14-21(15-13-19)30-25(31)18-23(26(30)32)29(17-16-20-8-4-3-5-9-20)27(34)28-22-10-6-7-11-24(22)33-2/h3-15,23H,16-18H2,1-2H3,(H,28,34). The Morgan fingerprint density at radius 3 is 2.41 bits per heavy atom. The van der Waals surface area contributed by atoms with Crippen molar-refractivity contribution < 1.29 is 14.3 Å². The summed E-state index contributed by atoms with van der Waals surface area (Å²) in [6, 6.07) is 24.1. The number of benzene rings is 3. The summed E-state index contributed by atoms with van der Waals surface area (Å²) in [6.07, 6.45) is 0.742. The number of thiocarbonyl (C=S) groups is 1. The van der Waals surface area contributed by atoms with Crippen molar-refractivity contribution in [3.8, 4) is 5.75 Å². The average molecular weight is 474 g/mol. The molecule has 0 bridgehead atoms. The highest BCUT2D eigenvalue weighted by molar-refractivity contribution is 7.80. The number of anilines is 2. The molecule has 3 aromatic rings. The molecule has 1 saturated heterocycles. The topological polar surface area (TPSA) is 61.9 Å². The number of carbonyl (C=O) groups is 2. The maximum absolute atomic E-state index is 13.5. The summed E-state index contributed by atoms with van der Waals surface area (Å²) in [6.45, 7) is 2.45. The van der Waals surface area contributed by atoms with Crippen LogP contribution in [0.25, 0.3) is 0 Å². The lowest BCUT2D eigenvalue weighted by molar-refractivity contribution is -0.122. The maximum Gasteiger partial charge on any atom is 0.257 e. The molecule has 6 nitrogen and oxygen atoms in total. The monoisotopic (exact) mass is 473 g/mol. The van der Waals surface area contributed by atoms with Gasteiger partial charge in [-0.3, -0.25) is 9.59 Å². The predicted octanol–water partition coefficient (Wildman–Crippen LogP) is 4.58. The highest BCUT2D eigenvalue weighted by Gasteiger charge is 2.43. The Morgan fingerprint density at radius 2 is 1.71 bits per heavy atom. The summed E-state index contributed by atoms with van der Waals surface area (Å²) >= 11 is 5.76. The number of nitrogens with zero attached hydrogens (tertiary/aromatic N) is 2. The van der Waals surface area contributed by atoms with E-state index in [-0.39, 0.29) is 18.2 Å². The van der Waals surface area contributed by atoms with Gasteiger partial charge in [0.25, 0.3) is 5.91 Å². The second-order valence-corrected chi connectivity index (χ2v) is 8.57. The Kier molecular flexibility index (Phi) is 7.23. The van der Waals surface area contributed by atoms with Gasteiger partial charge in [0.2, 0.25) is 5.91 Å². The molecule has 34 heavy (non-hydrogen) atoms. The third-order valence-electron chi connectivity index (χ3n) is 5.88. The minimum Gasteiger partial charge on any atom is -0.495 e. The summed E-state index contributed by atoms with van der Waals surface area (Å²) < 4.78 is 5.43. The molecule has 174 valence electrons. The normalized spacial score (nSPS) is 15.4. The lowest BCUT2D eigenvalue weighted by Crippen LogP contribution is -2.48. The largest absolute Gasteiger partial charge is 0.495 e. The molecule has 1 aliphatic heterocycles. The SMILES string of the molecule is COc1ccccc1NC(=S)N(CCc1ccccc1)C1CC(=O)N(c2ccc(C)cc2)C1=O. The number of amides is 2. The molecule has 7 heteroatoms. The summed E-state index contributed by atoms with van der Waals surface area (Å²) in [5.41, 5.74) is 3.47. The molecule has 0 spiro atoms. The van der Waals surface area contributed by atoms with Crippen LogP contribution in [0.3, 0.4) is 0 Å². The Labute approximate surface area is 205 Å². The van der Waals surface area contributed by atoms with Crippen molar-refractivity contribution in [2.75, 3.05) is 23.9 Å². The van der Waals surface area contributed by atoms with Crippen molar-refractivity contribution in [2.24, 2.45) is 0 Å². The fourth-order valence-electron chi connectivity index (χ4n) is 4.05. The molecule has 0 aliphatic carbocycles. The van der Waals surface area contributed by atoms with Crippen molar-refractivity contribution in [1.82, 2.24) is 4.90 Å². The predicted molar refractivity (Wildman–Crippen MR) is 138 cm³/mol. The molecule has 4 rings (SSSR count). The summed E-state index contributed by atoms with van der Waals surface area (Å²) in [5.74, 6) is 0.137. The number of hydrogen-bond donors (Lipinski definition) is 1. The smallest absolute Gasteiger partial charge is 0.257 e. The van der Waals surface area contributed by atoms with Crippen LogP contribution in [-0.2, 0) is 16.0 Å².